The fraction of sp³-hybridized carbons (Fsp3) is 0.947. The lowest BCUT2D eigenvalue weighted by molar-refractivity contribution is -0.0284. The fourth-order valence-electron chi connectivity index (χ4n) is 3.22. The molecular formula is C19H41N5O. The fourth-order valence-corrected chi connectivity index (χ4v) is 3.22. The molecule has 0 aliphatic carbocycles. The molecule has 0 aromatic carbocycles. The van der Waals surface area contributed by atoms with Gasteiger partial charge < -0.3 is 20.3 Å². The molecule has 148 valence electrons. The van der Waals surface area contributed by atoms with Crippen LogP contribution in [0.15, 0.2) is 4.99 Å². The first-order chi connectivity index (χ1) is 12.1. The number of aliphatic imine (C=N–C) groups is 1. The van der Waals surface area contributed by atoms with Crippen LogP contribution in [0.25, 0.3) is 0 Å². The van der Waals surface area contributed by atoms with Crippen molar-refractivity contribution in [2.75, 3.05) is 66.0 Å². The van der Waals surface area contributed by atoms with Crippen LogP contribution in [-0.2, 0) is 4.74 Å². The average Bonchev–Trinajstić information content (AvgIpc) is 2.60. The molecule has 0 amide bonds. The number of hydrogen-bond acceptors (Lipinski definition) is 4. The van der Waals surface area contributed by atoms with Crippen molar-refractivity contribution in [3.8, 4) is 0 Å². The normalized spacial score (nSPS) is 19.6. The van der Waals surface area contributed by atoms with Crippen LogP contribution >= 0.6 is 0 Å². The highest BCUT2D eigenvalue weighted by atomic mass is 16.5. The van der Waals surface area contributed by atoms with Crippen molar-refractivity contribution in [1.82, 2.24) is 20.4 Å². The Morgan fingerprint density at radius 1 is 1.24 bits per heavy atom. The maximum absolute atomic E-state index is 5.89. The van der Waals surface area contributed by atoms with Crippen LogP contribution in [0, 0.1) is 5.92 Å². The zero-order valence-electron chi connectivity index (χ0n) is 17.2. The Labute approximate surface area is 155 Å². The number of ether oxygens (including phenoxy) is 1. The van der Waals surface area contributed by atoms with Gasteiger partial charge in [-0.2, -0.15) is 0 Å². The Morgan fingerprint density at radius 3 is 2.64 bits per heavy atom. The summed E-state index contributed by atoms with van der Waals surface area (Å²) in [6.45, 7) is 18.3. The number of nitrogens with zero attached hydrogens (tertiary/aromatic N) is 3. The molecule has 0 radical (unpaired) electrons. The second-order valence-corrected chi connectivity index (χ2v) is 7.26. The predicted molar refractivity (Wildman–Crippen MR) is 107 cm³/mol. The molecule has 0 aromatic heterocycles. The van der Waals surface area contributed by atoms with Crippen molar-refractivity contribution in [2.45, 2.75) is 46.6 Å². The maximum atomic E-state index is 5.89. The smallest absolute Gasteiger partial charge is 0.191 e. The van der Waals surface area contributed by atoms with Crippen molar-refractivity contribution in [1.29, 1.82) is 0 Å². The van der Waals surface area contributed by atoms with E-state index < -0.39 is 0 Å². The van der Waals surface area contributed by atoms with Gasteiger partial charge in [-0.3, -0.25) is 9.89 Å². The molecule has 1 atom stereocenters. The van der Waals surface area contributed by atoms with Crippen LogP contribution in [-0.4, -0.2) is 87.9 Å². The summed E-state index contributed by atoms with van der Waals surface area (Å²) in [5.74, 6) is 1.59. The summed E-state index contributed by atoms with van der Waals surface area (Å²) >= 11 is 0. The van der Waals surface area contributed by atoms with E-state index in [-0.39, 0.29) is 6.10 Å². The molecule has 1 rings (SSSR count). The molecule has 6 heteroatoms. The van der Waals surface area contributed by atoms with Crippen LogP contribution in [0.1, 0.15) is 40.5 Å². The van der Waals surface area contributed by atoms with Gasteiger partial charge in [-0.25, -0.2) is 0 Å². The summed E-state index contributed by atoms with van der Waals surface area (Å²) in [5.41, 5.74) is 0. The molecule has 1 saturated heterocycles. The Morgan fingerprint density at radius 2 is 2.00 bits per heavy atom. The van der Waals surface area contributed by atoms with E-state index in [1.807, 2.05) is 7.05 Å². The Hall–Kier alpha value is -0.850. The van der Waals surface area contributed by atoms with Crippen LogP contribution < -0.4 is 10.6 Å². The third-order valence-corrected chi connectivity index (χ3v) is 4.66. The zero-order chi connectivity index (χ0) is 18.5. The highest BCUT2D eigenvalue weighted by Gasteiger charge is 2.20. The first kappa shape index (κ1) is 22.2. The number of rotatable bonds is 11. The van der Waals surface area contributed by atoms with Crippen molar-refractivity contribution in [2.24, 2.45) is 10.9 Å². The minimum Gasteiger partial charge on any atom is -0.374 e. The SMILES string of the molecule is CCN(CC)CCCCNC(=NC)NCC1CN(CC(C)C)CCO1. The van der Waals surface area contributed by atoms with Crippen molar-refractivity contribution >= 4 is 5.96 Å². The average molecular weight is 356 g/mol. The summed E-state index contributed by atoms with van der Waals surface area (Å²) in [6, 6.07) is 0. The van der Waals surface area contributed by atoms with Gasteiger partial charge in [0.1, 0.15) is 0 Å². The number of morpholine rings is 1. The quantitative estimate of drug-likeness (QED) is 0.335. The molecule has 2 N–H and O–H groups in total. The standard InChI is InChI=1S/C19H41N5O/c1-6-23(7-2)11-9-8-10-21-19(20-5)22-14-18-16-24(12-13-25-18)15-17(3)4/h17-18H,6-16H2,1-5H3,(H2,20,21,22). The van der Waals surface area contributed by atoms with Gasteiger partial charge in [-0.15, -0.1) is 0 Å². The molecule has 0 bridgehead atoms. The molecule has 1 aliphatic rings. The van der Waals surface area contributed by atoms with Gasteiger partial charge in [0.15, 0.2) is 5.96 Å². The van der Waals surface area contributed by atoms with Crippen LogP contribution in [0.2, 0.25) is 0 Å². The first-order valence-corrected chi connectivity index (χ1v) is 10.1. The largest absolute Gasteiger partial charge is 0.374 e. The van der Waals surface area contributed by atoms with Crippen LogP contribution in [0.3, 0.4) is 0 Å². The van der Waals surface area contributed by atoms with Gasteiger partial charge in [0.05, 0.1) is 12.7 Å². The molecule has 1 fully saturated rings. The monoisotopic (exact) mass is 355 g/mol. The highest BCUT2D eigenvalue weighted by Crippen LogP contribution is 2.07. The number of unbranched alkanes of at least 4 members (excludes halogenated alkanes) is 1. The summed E-state index contributed by atoms with van der Waals surface area (Å²) < 4.78 is 5.89. The topological polar surface area (TPSA) is 52.1 Å². The summed E-state index contributed by atoms with van der Waals surface area (Å²) in [6.07, 6.45) is 2.63. The zero-order valence-corrected chi connectivity index (χ0v) is 17.2. The van der Waals surface area contributed by atoms with E-state index in [0.717, 1.165) is 58.4 Å². The van der Waals surface area contributed by atoms with E-state index in [4.69, 9.17) is 4.74 Å². The molecule has 1 heterocycles. The number of nitrogens with one attached hydrogen (secondary N) is 2. The summed E-state index contributed by atoms with van der Waals surface area (Å²) in [7, 11) is 1.83. The molecule has 1 unspecified atom stereocenters. The predicted octanol–water partition coefficient (Wildman–Crippen LogP) is 1.63. The molecule has 6 nitrogen and oxygen atoms in total. The Bertz CT molecular complexity index is 358. The van der Waals surface area contributed by atoms with Gasteiger partial charge in [-0.05, 0) is 38.4 Å². The lowest BCUT2D eigenvalue weighted by atomic mass is 10.2. The third kappa shape index (κ3) is 10.0. The van der Waals surface area contributed by atoms with E-state index >= 15 is 0 Å². The number of hydrogen-bond donors (Lipinski definition) is 2. The van der Waals surface area contributed by atoms with Gasteiger partial charge >= 0.3 is 0 Å². The van der Waals surface area contributed by atoms with Crippen molar-refractivity contribution in [3.63, 3.8) is 0 Å². The summed E-state index contributed by atoms with van der Waals surface area (Å²) in [5, 5.41) is 6.83. The Balaban J connectivity index is 2.17. The maximum Gasteiger partial charge on any atom is 0.191 e. The van der Waals surface area contributed by atoms with Gasteiger partial charge in [-0.1, -0.05) is 27.7 Å². The second kappa shape index (κ2) is 13.4. The lowest BCUT2D eigenvalue weighted by Gasteiger charge is -2.34. The molecule has 0 spiro atoms. The minimum atomic E-state index is 0.244. The van der Waals surface area contributed by atoms with Gasteiger partial charge in [0, 0.05) is 39.8 Å². The van der Waals surface area contributed by atoms with E-state index in [1.54, 1.807) is 0 Å². The van der Waals surface area contributed by atoms with Gasteiger partial charge in [0.2, 0.25) is 0 Å². The first-order valence-electron chi connectivity index (χ1n) is 10.1. The van der Waals surface area contributed by atoms with Crippen LogP contribution in [0.5, 0.6) is 0 Å². The lowest BCUT2D eigenvalue weighted by Crippen LogP contribution is -2.50. The van der Waals surface area contributed by atoms with Crippen molar-refractivity contribution in [3.05, 3.63) is 0 Å². The molecule has 1 aliphatic heterocycles. The third-order valence-electron chi connectivity index (χ3n) is 4.66. The van der Waals surface area contributed by atoms with Gasteiger partial charge in [0.25, 0.3) is 0 Å². The van der Waals surface area contributed by atoms with E-state index in [1.165, 1.54) is 19.4 Å². The molecule has 25 heavy (non-hydrogen) atoms. The second-order valence-electron chi connectivity index (χ2n) is 7.26. The molecular weight excluding hydrogens is 314 g/mol. The highest BCUT2D eigenvalue weighted by molar-refractivity contribution is 5.79. The number of guanidine groups is 1. The van der Waals surface area contributed by atoms with Crippen molar-refractivity contribution < 1.29 is 4.74 Å². The molecule has 0 aromatic rings. The van der Waals surface area contributed by atoms with E-state index in [9.17, 15) is 0 Å². The Kier molecular flexibility index (Phi) is 11.9. The van der Waals surface area contributed by atoms with Crippen LogP contribution in [0.4, 0.5) is 0 Å². The minimum absolute atomic E-state index is 0.244. The molecule has 0 saturated carbocycles. The summed E-state index contributed by atoms with van der Waals surface area (Å²) in [4.78, 5) is 9.29. The van der Waals surface area contributed by atoms with E-state index in [0.29, 0.717) is 5.92 Å². The van der Waals surface area contributed by atoms with E-state index in [2.05, 4.69) is 53.1 Å².